The fraction of sp³-hybridized carbons (Fsp3) is 0.700. The van der Waals surface area contributed by atoms with Gasteiger partial charge in [-0.2, -0.15) is 0 Å². The lowest BCUT2D eigenvalue weighted by atomic mass is 9.47. The summed E-state index contributed by atoms with van der Waals surface area (Å²) in [4.78, 5) is 24.3. The molecule has 0 N–H and O–H groups in total. The van der Waals surface area contributed by atoms with Crippen LogP contribution in [0, 0.1) is 34.5 Å². The lowest BCUT2D eigenvalue weighted by Crippen LogP contribution is -2.51. The molecule has 3 fully saturated rings. The van der Waals surface area contributed by atoms with Crippen LogP contribution in [-0.2, 0) is 9.59 Å². The summed E-state index contributed by atoms with van der Waals surface area (Å²) in [5.74, 6) is 2.91. The zero-order valence-corrected chi connectivity index (χ0v) is 13.9. The van der Waals surface area contributed by atoms with Gasteiger partial charge in [-0.15, -0.1) is 0 Å². The normalized spacial score (nSPS) is 50.2. The topological polar surface area (TPSA) is 34.1 Å². The van der Waals surface area contributed by atoms with Crippen molar-refractivity contribution in [2.75, 3.05) is 0 Å². The maximum Gasteiger partial charge on any atom is 0.178 e. The molecule has 0 aromatic rings. The highest BCUT2D eigenvalue weighted by atomic mass is 16.1. The zero-order valence-electron chi connectivity index (χ0n) is 13.9. The van der Waals surface area contributed by atoms with Gasteiger partial charge in [0.25, 0.3) is 0 Å². The molecule has 0 amide bonds. The van der Waals surface area contributed by atoms with Gasteiger partial charge in [0.2, 0.25) is 0 Å². The molecular weight excluding hydrogens is 272 g/mol. The van der Waals surface area contributed by atoms with Gasteiger partial charge in [0, 0.05) is 17.3 Å². The number of carbonyl (C=O) groups is 2. The molecule has 4 aliphatic rings. The van der Waals surface area contributed by atoms with Gasteiger partial charge in [0.05, 0.1) is 0 Å². The third-order valence-electron chi connectivity index (χ3n) is 7.59. The van der Waals surface area contributed by atoms with Crippen molar-refractivity contribution >= 4 is 11.6 Å². The molecule has 6 atom stereocenters. The first-order valence-corrected chi connectivity index (χ1v) is 8.85. The van der Waals surface area contributed by atoms with E-state index in [0.717, 1.165) is 32.1 Å². The summed E-state index contributed by atoms with van der Waals surface area (Å²) < 4.78 is 0. The van der Waals surface area contributed by atoms with Crippen LogP contribution in [-0.4, -0.2) is 11.6 Å². The summed E-state index contributed by atoms with van der Waals surface area (Å²) in [6.07, 6.45) is 11.0. The average Bonchev–Trinajstić information content (AvgIpc) is 2.77. The van der Waals surface area contributed by atoms with Crippen molar-refractivity contribution in [2.24, 2.45) is 34.5 Å². The second-order valence-electron chi connectivity index (χ2n) is 8.55. The van der Waals surface area contributed by atoms with E-state index in [9.17, 15) is 9.59 Å². The minimum atomic E-state index is -0.0628. The third kappa shape index (κ3) is 1.67. The second-order valence-corrected chi connectivity index (χ2v) is 8.55. The van der Waals surface area contributed by atoms with Crippen LogP contribution < -0.4 is 0 Å². The molecule has 0 radical (unpaired) electrons. The Hall–Kier alpha value is -1.18. The number of allylic oxidation sites excluding steroid dienone is 4. The van der Waals surface area contributed by atoms with Gasteiger partial charge in [-0.25, -0.2) is 0 Å². The second kappa shape index (κ2) is 4.43. The molecule has 4 rings (SSSR count). The van der Waals surface area contributed by atoms with Crippen LogP contribution in [0.1, 0.15) is 52.9 Å². The number of carbonyl (C=O) groups excluding carboxylic acids is 2. The number of ketones is 2. The lowest BCUT2D eigenvalue weighted by Gasteiger charge is -2.57. The molecule has 2 heteroatoms. The van der Waals surface area contributed by atoms with Crippen molar-refractivity contribution in [1.29, 1.82) is 0 Å². The van der Waals surface area contributed by atoms with Gasteiger partial charge in [-0.05, 0) is 61.5 Å². The van der Waals surface area contributed by atoms with E-state index >= 15 is 0 Å². The van der Waals surface area contributed by atoms with Crippen molar-refractivity contribution in [3.63, 3.8) is 0 Å². The third-order valence-corrected chi connectivity index (χ3v) is 7.59. The Kier molecular flexibility index (Phi) is 2.90. The maximum absolute atomic E-state index is 12.4. The van der Waals surface area contributed by atoms with Crippen molar-refractivity contribution in [1.82, 2.24) is 0 Å². The molecular formula is C20H26O2. The van der Waals surface area contributed by atoms with Crippen molar-refractivity contribution in [3.8, 4) is 0 Å². The number of rotatable bonds is 0. The number of hydrogen-bond donors (Lipinski definition) is 0. The zero-order chi connectivity index (χ0) is 15.7. The summed E-state index contributed by atoms with van der Waals surface area (Å²) >= 11 is 0. The van der Waals surface area contributed by atoms with Crippen LogP contribution in [0.25, 0.3) is 0 Å². The van der Waals surface area contributed by atoms with Crippen LogP contribution in [0.3, 0.4) is 0 Å². The van der Waals surface area contributed by atoms with E-state index in [0.29, 0.717) is 29.5 Å². The Labute approximate surface area is 133 Å². The summed E-state index contributed by atoms with van der Waals surface area (Å²) in [7, 11) is 0. The van der Waals surface area contributed by atoms with E-state index in [2.05, 4.69) is 26.8 Å². The molecule has 0 saturated heterocycles. The van der Waals surface area contributed by atoms with Crippen LogP contribution in [0.4, 0.5) is 0 Å². The predicted octanol–water partition coefficient (Wildman–Crippen LogP) is 4.11. The average molecular weight is 298 g/mol. The molecule has 0 aliphatic heterocycles. The monoisotopic (exact) mass is 298 g/mol. The minimum Gasteiger partial charge on any atom is -0.299 e. The number of Topliss-reactive ketones (excluding diaryl/α,β-unsaturated/α-hetero) is 1. The minimum absolute atomic E-state index is 0.0310. The van der Waals surface area contributed by atoms with Gasteiger partial charge in [-0.3, -0.25) is 9.59 Å². The van der Waals surface area contributed by atoms with Gasteiger partial charge in [0.15, 0.2) is 5.78 Å². The molecule has 3 unspecified atom stereocenters. The standard InChI is InChI=1S/C20H26O2/c1-12-10-14-15-4-5-18(22)20(15,3)9-7-16(14)19(2)8-6-13(21)11-17(12)19/h6,8,11-12,14-16H,4-5,7,9-10H2,1-3H3/t12-,14?,15?,16?,19-,20+/m1/s1. The first-order valence-electron chi connectivity index (χ1n) is 8.85. The highest BCUT2D eigenvalue weighted by Crippen LogP contribution is 2.64. The first-order chi connectivity index (χ1) is 10.4. The van der Waals surface area contributed by atoms with E-state index in [1.807, 2.05) is 6.08 Å². The van der Waals surface area contributed by atoms with Crippen molar-refractivity contribution < 1.29 is 9.59 Å². The fourth-order valence-electron chi connectivity index (χ4n) is 6.39. The van der Waals surface area contributed by atoms with E-state index in [-0.39, 0.29) is 16.6 Å². The Morgan fingerprint density at radius 2 is 1.91 bits per heavy atom. The number of hydrogen-bond acceptors (Lipinski definition) is 2. The molecule has 3 saturated carbocycles. The Morgan fingerprint density at radius 3 is 2.68 bits per heavy atom. The number of fused-ring (bicyclic) bond motifs is 5. The largest absolute Gasteiger partial charge is 0.299 e. The maximum atomic E-state index is 12.4. The molecule has 0 spiro atoms. The molecule has 118 valence electrons. The van der Waals surface area contributed by atoms with Crippen LogP contribution in [0.5, 0.6) is 0 Å². The quantitative estimate of drug-likeness (QED) is 0.674. The summed E-state index contributed by atoms with van der Waals surface area (Å²) in [6, 6.07) is 0. The molecule has 4 aliphatic carbocycles. The summed E-state index contributed by atoms with van der Waals surface area (Å²) in [5.41, 5.74) is 1.31. The highest BCUT2D eigenvalue weighted by molar-refractivity contribution is 6.01. The van der Waals surface area contributed by atoms with E-state index < -0.39 is 0 Å². The Bertz CT molecular complexity index is 613. The van der Waals surface area contributed by atoms with E-state index in [1.165, 1.54) is 5.57 Å². The van der Waals surface area contributed by atoms with Crippen LogP contribution >= 0.6 is 0 Å². The van der Waals surface area contributed by atoms with E-state index in [1.54, 1.807) is 6.08 Å². The van der Waals surface area contributed by atoms with Crippen molar-refractivity contribution in [2.45, 2.75) is 52.9 Å². The van der Waals surface area contributed by atoms with Crippen LogP contribution in [0.2, 0.25) is 0 Å². The highest BCUT2D eigenvalue weighted by Gasteiger charge is 2.59. The van der Waals surface area contributed by atoms with E-state index in [4.69, 9.17) is 0 Å². The van der Waals surface area contributed by atoms with Gasteiger partial charge < -0.3 is 0 Å². The summed E-state index contributed by atoms with van der Waals surface area (Å²) in [5, 5.41) is 0. The van der Waals surface area contributed by atoms with Gasteiger partial charge >= 0.3 is 0 Å². The van der Waals surface area contributed by atoms with Crippen molar-refractivity contribution in [3.05, 3.63) is 23.8 Å². The Morgan fingerprint density at radius 1 is 1.14 bits per heavy atom. The molecule has 0 aromatic carbocycles. The predicted molar refractivity (Wildman–Crippen MR) is 86.2 cm³/mol. The Balaban J connectivity index is 1.76. The SMILES string of the molecule is C[C@@H]1CC2C(CC[C@]3(C)C(=O)CCC23)[C@@]2(C)C=CC(=O)C=C12. The molecule has 0 aromatic heterocycles. The fourth-order valence-corrected chi connectivity index (χ4v) is 6.39. The first kappa shape index (κ1) is 14.4. The lowest BCUT2D eigenvalue weighted by molar-refractivity contribution is -0.132. The molecule has 0 heterocycles. The van der Waals surface area contributed by atoms with Crippen LogP contribution in [0.15, 0.2) is 23.8 Å². The van der Waals surface area contributed by atoms with Gasteiger partial charge in [-0.1, -0.05) is 32.4 Å². The van der Waals surface area contributed by atoms with Gasteiger partial charge in [0.1, 0.15) is 5.78 Å². The molecule has 22 heavy (non-hydrogen) atoms. The molecule has 0 bridgehead atoms. The smallest absolute Gasteiger partial charge is 0.178 e. The molecule has 2 nitrogen and oxygen atoms in total. The summed E-state index contributed by atoms with van der Waals surface area (Å²) in [6.45, 7) is 6.83.